The van der Waals surface area contributed by atoms with Crippen LogP contribution in [0.3, 0.4) is 0 Å². The smallest absolute Gasteiger partial charge is 0.134 e. The predicted molar refractivity (Wildman–Crippen MR) is 69.5 cm³/mol. The van der Waals surface area contributed by atoms with Crippen LogP contribution in [0.1, 0.15) is 19.2 Å². The molecule has 2 heterocycles. The molecule has 2 aromatic heterocycles. The van der Waals surface area contributed by atoms with E-state index < -0.39 is 0 Å². The summed E-state index contributed by atoms with van der Waals surface area (Å²) in [6.07, 6.45) is 5.30. The van der Waals surface area contributed by atoms with Gasteiger partial charge in [0.25, 0.3) is 0 Å². The maximum Gasteiger partial charge on any atom is 0.134 e. The largest absolute Gasteiger partial charge is 0.368 e. The summed E-state index contributed by atoms with van der Waals surface area (Å²) in [7, 11) is 0. The molecule has 7 heteroatoms. The van der Waals surface area contributed by atoms with Gasteiger partial charge in [-0.15, -0.1) is 5.10 Å². The average Bonchev–Trinajstić information content (AvgIpc) is 2.82. The predicted octanol–water partition coefficient (Wildman–Crippen LogP) is 1.79. The molecule has 96 valence electrons. The normalized spacial score (nSPS) is 10.6. The quantitative estimate of drug-likeness (QED) is 0.808. The summed E-state index contributed by atoms with van der Waals surface area (Å²) in [4.78, 5) is 8.56. The minimum Gasteiger partial charge on any atom is -0.368 e. The van der Waals surface area contributed by atoms with E-state index in [1.165, 1.54) is 0 Å². The molecule has 2 aromatic rings. The van der Waals surface area contributed by atoms with Crippen molar-refractivity contribution >= 4 is 17.4 Å². The number of rotatable bonds is 6. The molecule has 0 saturated heterocycles. The van der Waals surface area contributed by atoms with Crippen molar-refractivity contribution in [1.82, 2.24) is 25.0 Å². The fraction of sp³-hybridized carbons (Fsp3) is 0.455. The number of hydrogen-bond donors (Lipinski definition) is 1. The van der Waals surface area contributed by atoms with Gasteiger partial charge in [-0.3, -0.25) is 4.68 Å². The van der Waals surface area contributed by atoms with E-state index in [4.69, 9.17) is 11.6 Å². The van der Waals surface area contributed by atoms with Gasteiger partial charge in [-0.2, -0.15) is 0 Å². The monoisotopic (exact) mass is 266 g/mol. The van der Waals surface area contributed by atoms with Crippen molar-refractivity contribution in [2.75, 3.05) is 11.9 Å². The van der Waals surface area contributed by atoms with E-state index in [9.17, 15) is 0 Å². The third kappa shape index (κ3) is 3.66. The minimum atomic E-state index is 0.469. The van der Waals surface area contributed by atoms with Crippen LogP contribution in [-0.4, -0.2) is 31.5 Å². The second kappa shape index (κ2) is 6.30. The Bertz CT molecular complexity index is 484. The number of aromatic nitrogens is 5. The zero-order chi connectivity index (χ0) is 12.8. The van der Waals surface area contributed by atoms with E-state index in [1.807, 2.05) is 6.20 Å². The topological polar surface area (TPSA) is 68.5 Å². The maximum atomic E-state index is 5.95. The van der Waals surface area contributed by atoms with E-state index in [0.717, 1.165) is 31.0 Å². The van der Waals surface area contributed by atoms with Crippen LogP contribution in [0.25, 0.3) is 0 Å². The van der Waals surface area contributed by atoms with Gasteiger partial charge in [-0.05, 0) is 6.42 Å². The second-order valence-corrected chi connectivity index (χ2v) is 4.22. The summed E-state index contributed by atoms with van der Waals surface area (Å²) in [6.45, 7) is 3.52. The van der Waals surface area contributed by atoms with Crippen LogP contribution in [-0.2, 0) is 13.0 Å². The molecule has 18 heavy (non-hydrogen) atoms. The minimum absolute atomic E-state index is 0.469. The Morgan fingerprint density at radius 1 is 1.39 bits per heavy atom. The van der Waals surface area contributed by atoms with Gasteiger partial charge in [0.15, 0.2) is 0 Å². The lowest BCUT2D eigenvalue weighted by molar-refractivity contribution is 0.608. The molecule has 0 spiro atoms. The van der Waals surface area contributed by atoms with Crippen LogP contribution < -0.4 is 5.32 Å². The van der Waals surface area contributed by atoms with Gasteiger partial charge in [0.1, 0.15) is 16.8 Å². The molecule has 0 fully saturated rings. The van der Waals surface area contributed by atoms with Gasteiger partial charge in [-0.25, -0.2) is 9.97 Å². The first-order chi connectivity index (χ1) is 8.78. The van der Waals surface area contributed by atoms with E-state index in [2.05, 4.69) is 32.5 Å². The van der Waals surface area contributed by atoms with Crippen LogP contribution in [0, 0.1) is 0 Å². The van der Waals surface area contributed by atoms with Crippen LogP contribution in [0.2, 0.25) is 5.15 Å². The number of anilines is 1. The fourth-order valence-corrected chi connectivity index (χ4v) is 1.74. The summed E-state index contributed by atoms with van der Waals surface area (Å²) < 4.78 is 1.75. The van der Waals surface area contributed by atoms with Crippen molar-refractivity contribution in [3.8, 4) is 0 Å². The summed E-state index contributed by atoms with van der Waals surface area (Å²) in [5.74, 6) is 1.52. The summed E-state index contributed by atoms with van der Waals surface area (Å²) in [5, 5.41) is 11.3. The lowest BCUT2D eigenvalue weighted by atomic mass is 10.3. The van der Waals surface area contributed by atoms with Gasteiger partial charge in [0, 0.05) is 25.2 Å². The van der Waals surface area contributed by atoms with Crippen LogP contribution in [0.5, 0.6) is 0 Å². The molecule has 0 aliphatic carbocycles. The molecule has 0 bridgehead atoms. The molecule has 0 aromatic carbocycles. The number of hydrogen-bond acceptors (Lipinski definition) is 5. The van der Waals surface area contributed by atoms with Crippen molar-refractivity contribution < 1.29 is 0 Å². The summed E-state index contributed by atoms with van der Waals surface area (Å²) in [6, 6.07) is 1.72. The number of halogens is 1. The molecule has 0 atom stereocenters. The number of nitrogens with zero attached hydrogens (tertiary/aromatic N) is 5. The van der Waals surface area contributed by atoms with Gasteiger partial charge in [0.05, 0.1) is 12.7 Å². The molecule has 6 nitrogen and oxygen atoms in total. The van der Waals surface area contributed by atoms with Crippen molar-refractivity contribution in [3.63, 3.8) is 0 Å². The van der Waals surface area contributed by atoms with E-state index in [1.54, 1.807) is 16.9 Å². The zero-order valence-corrected chi connectivity index (χ0v) is 10.9. The highest BCUT2D eigenvalue weighted by molar-refractivity contribution is 6.29. The highest BCUT2D eigenvalue weighted by Crippen LogP contribution is 2.12. The molecule has 0 aliphatic heterocycles. The SMILES string of the molecule is CCCc1nc(Cl)cc(NCCn2ccnn2)n1. The fourth-order valence-electron chi connectivity index (χ4n) is 1.54. The van der Waals surface area contributed by atoms with Crippen molar-refractivity contribution in [2.45, 2.75) is 26.3 Å². The van der Waals surface area contributed by atoms with Crippen molar-refractivity contribution in [1.29, 1.82) is 0 Å². The first kappa shape index (κ1) is 12.8. The second-order valence-electron chi connectivity index (χ2n) is 3.84. The van der Waals surface area contributed by atoms with Crippen LogP contribution in [0.4, 0.5) is 5.82 Å². The molecule has 1 N–H and O–H groups in total. The lowest BCUT2D eigenvalue weighted by Gasteiger charge is -2.07. The van der Waals surface area contributed by atoms with E-state index in [-0.39, 0.29) is 0 Å². The number of aryl methyl sites for hydroxylation is 1. The van der Waals surface area contributed by atoms with E-state index >= 15 is 0 Å². The molecule has 0 amide bonds. The Labute approximate surface area is 110 Å². The molecule has 0 radical (unpaired) electrons. The van der Waals surface area contributed by atoms with Gasteiger partial charge >= 0.3 is 0 Å². The summed E-state index contributed by atoms with van der Waals surface area (Å²) in [5.41, 5.74) is 0. The van der Waals surface area contributed by atoms with Gasteiger partial charge < -0.3 is 5.32 Å². The van der Waals surface area contributed by atoms with Gasteiger partial charge in [-0.1, -0.05) is 23.7 Å². The Morgan fingerprint density at radius 3 is 3.00 bits per heavy atom. The zero-order valence-electron chi connectivity index (χ0n) is 10.2. The maximum absolute atomic E-state index is 5.95. The van der Waals surface area contributed by atoms with Crippen molar-refractivity contribution in [2.24, 2.45) is 0 Å². The Hall–Kier alpha value is -1.69. The highest BCUT2D eigenvalue weighted by atomic mass is 35.5. The van der Waals surface area contributed by atoms with Crippen LogP contribution >= 0.6 is 11.6 Å². The highest BCUT2D eigenvalue weighted by Gasteiger charge is 2.02. The third-order valence-corrected chi connectivity index (χ3v) is 2.53. The molecule has 0 saturated carbocycles. The van der Waals surface area contributed by atoms with Gasteiger partial charge in [0.2, 0.25) is 0 Å². The first-order valence-electron chi connectivity index (χ1n) is 5.89. The molecule has 0 unspecified atom stereocenters. The molecular weight excluding hydrogens is 252 g/mol. The Morgan fingerprint density at radius 2 is 2.28 bits per heavy atom. The molecule has 2 rings (SSSR count). The summed E-state index contributed by atoms with van der Waals surface area (Å²) >= 11 is 5.95. The Balaban J connectivity index is 1.92. The standard InChI is InChI=1S/C11H15ClN6/c1-2-3-10-15-9(12)8-11(16-10)13-4-6-18-7-5-14-17-18/h5,7-8H,2-4,6H2,1H3,(H,13,15,16). The third-order valence-electron chi connectivity index (χ3n) is 2.33. The van der Waals surface area contributed by atoms with E-state index in [0.29, 0.717) is 11.7 Å². The molecule has 0 aliphatic rings. The first-order valence-corrected chi connectivity index (χ1v) is 6.27. The van der Waals surface area contributed by atoms with Crippen molar-refractivity contribution in [3.05, 3.63) is 29.4 Å². The average molecular weight is 267 g/mol. The number of nitrogens with one attached hydrogen (secondary N) is 1. The molecular formula is C11H15ClN6. The lowest BCUT2D eigenvalue weighted by Crippen LogP contribution is -2.12. The van der Waals surface area contributed by atoms with Crippen LogP contribution in [0.15, 0.2) is 18.5 Å². The Kier molecular flexibility index (Phi) is 4.46.